The molecular formula is C17H19NO3. The molecule has 0 aliphatic carbocycles. The molecule has 0 fully saturated rings. The Morgan fingerprint density at radius 1 is 1.10 bits per heavy atom. The lowest BCUT2D eigenvalue weighted by Gasteiger charge is -2.11. The van der Waals surface area contributed by atoms with Gasteiger partial charge in [-0.1, -0.05) is 25.1 Å². The SMILES string of the molecule is CCOC(=O)c1cccc(Oc2ccc(CC)cc2)c1N. The summed E-state index contributed by atoms with van der Waals surface area (Å²) < 4.78 is 10.7. The quantitative estimate of drug-likeness (QED) is 0.670. The van der Waals surface area contributed by atoms with E-state index in [1.54, 1.807) is 25.1 Å². The number of benzene rings is 2. The van der Waals surface area contributed by atoms with Crippen molar-refractivity contribution in [3.8, 4) is 11.5 Å². The summed E-state index contributed by atoms with van der Waals surface area (Å²) in [7, 11) is 0. The van der Waals surface area contributed by atoms with Crippen molar-refractivity contribution in [1.29, 1.82) is 0 Å². The number of rotatable bonds is 5. The van der Waals surface area contributed by atoms with E-state index in [2.05, 4.69) is 6.92 Å². The van der Waals surface area contributed by atoms with Crippen LogP contribution < -0.4 is 10.5 Å². The maximum atomic E-state index is 11.8. The Morgan fingerprint density at radius 2 is 1.81 bits per heavy atom. The molecule has 21 heavy (non-hydrogen) atoms. The monoisotopic (exact) mass is 285 g/mol. The van der Waals surface area contributed by atoms with Crippen LogP contribution in [0.15, 0.2) is 42.5 Å². The zero-order chi connectivity index (χ0) is 15.2. The Bertz CT molecular complexity index is 620. The van der Waals surface area contributed by atoms with E-state index in [1.165, 1.54) is 5.56 Å². The van der Waals surface area contributed by atoms with E-state index >= 15 is 0 Å². The second-order valence-corrected chi connectivity index (χ2v) is 4.54. The number of carbonyl (C=O) groups is 1. The summed E-state index contributed by atoms with van der Waals surface area (Å²) in [4.78, 5) is 11.8. The summed E-state index contributed by atoms with van der Waals surface area (Å²) in [6, 6.07) is 12.8. The number of para-hydroxylation sites is 1. The van der Waals surface area contributed by atoms with Crippen LogP contribution in [0.25, 0.3) is 0 Å². The smallest absolute Gasteiger partial charge is 0.340 e. The van der Waals surface area contributed by atoms with E-state index in [-0.39, 0.29) is 5.69 Å². The van der Waals surface area contributed by atoms with Crippen LogP contribution in [0.2, 0.25) is 0 Å². The third-order valence-corrected chi connectivity index (χ3v) is 3.12. The highest BCUT2D eigenvalue weighted by Gasteiger charge is 2.14. The van der Waals surface area contributed by atoms with Crippen molar-refractivity contribution in [1.82, 2.24) is 0 Å². The normalized spacial score (nSPS) is 10.2. The first-order valence-corrected chi connectivity index (χ1v) is 6.98. The minimum absolute atomic E-state index is 0.288. The maximum absolute atomic E-state index is 11.8. The van der Waals surface area contributed by atoms with Gasteiger partial charge in [0.15, 0.2) is 5.75 Å². The molecule has 0 saturated carbocycles. The van der Waals surface area contributed by atoms with Gasteiger partial charge < -0.3 is 15.2 Å². The molecule has 0 radical (unpaired) electrons. The predicted molar refractivity (Wildman–Crippen MR) is 82.7 cm³/mol. The summed E-state index contributed by atoms with van der Waals surface area (Å²) in [5.41, 5.74) is 7.83. The fourth-order valence-corrected chi connectivity index (χ4v) is 1.94. The largest absolute Gasteiger partial charge is 0.462 e. The molecule has 0 saturated heterocycles. The molecule has 0 spiro atoms. The molecule has 2 rings (SSSR count). The van der Waals surface area contributed by atoms with Crippen molar-refractivity contribution < 1.29 is 14.3 Å². The molecule has 4 nitrogen and oxygen atoms in total. The lowest BCUT2D eigenvalue weighted by Crippen LogP contribution is -2.08. The van der Waals surface area contributed by atoms with Gasteiger partial charge in [-0.25, -0.2) is 4.79 Å². The van der Waals surface area contributed by atoms with Crippen LogP contribution in [0.5, 0.6) is 11.5 Å². The van der Waals surface area contributed by atoms with Gasteiger partial charge in [0, 0.05) is 0 Å². The van der Waals surface area contributed by atoms with Crippen molar-refractivity contribution >= 4 is 11.7 Å². The number of anilines is 1. The van der Waals surface area contributed by atoms with Crippen LogP contribution >= 0.6 is 0 Å². The molecule has 2 aromatic carbocycles. The highest BCUT2D eigenvalue weighted by atomic mass is 16.5. The number of hydrogen-bond donors (Lipinski definition) is 1. The van der Waals surface area contributed by atoms with Crippen molar-refractivity contribution in [3.63, 3.8) is 0 Å². The molecular weight excluding hydrogens is 266 g/mol. The Kier molecular flexibility index (Phi) is 4.82. The molecule has 2 N–H and O–H groups in total. The van der Waals surface area contributed by atoms with Gasteiger partial charge in [0.25, 0.3) is 0 Å². The molecule has 4 heteroatoms. The Balaban J connectivity index is 2.23. The molecule has 0 aliphatic heterocycles. The first-order valence-electron chi connectivity index (χ1n) is 6.98. The zero-order valence-corrected chi connectivity index (χ0v) is 12.3. The molecule has 0 bridgehead atoms. The van der Waals surface area contributed by atoms with Crippen LogP contribution in [0.3, 0.4) is 0 Å². The predicted octanol–water partition coefficient (Wildman–Crippen LogP) is 3.80. The number of carbonyl (C=O) groups excluding carboxylic acids is 1. The van der Waals surface area contributed by atoms with E-state index in [0.29, 0.717) is 23.7 Å². The Hall–Kier alpha value is -2.49. The van der Waals surface area contributed by atoms with Gasteiger partial charge in [0.1, 0.15) is 5.75 Å². The van der Waals surface area contributed by atoms with Crippen molar-refractivity contribution in [2.24, 2.45) is 0 Å². The summed E-state index contributed by atoms with van der Waals surface area (Å²) in [5.74, 6) is 0.687. The average molecular weight is 285 g/mol. The van der Waals surface area contributed by atoms with E-state index in [0.717, 1.165) is 6.42 Å². The lowest BCUT2D eigenvalue weighted by atomic mass is 10.1. The number of hydrogen-bond acceptors (Lipinski definition) is 4. The van der Waals surface area contributed by atoms with Gasteiger partial charge in [-0.05, 0) is 43.2 Å². The molecule has 110 valence electrons. The first-order chi connectivity index (χ1) is 10.2. The number of ether oxygens (including phenoxy) is 2. The van der Waals surface area contributed by atoms with Crippen molar-refractivity contribution in [2.45, 2.75) is 20.3 Å². The first kappa shape index (κ1) is 14.9. The van der Waals surface area contributed by atoms with Gasteiger partial charge in [-0.2, -0.15) is 0 Å². The van der Waals surface area contributed by atoms with Crippen LogP contribution in [0.4, 0.5) is 5.69 Å². The van der Waals surface area contributed by atoms with Crippen LogP contribution in [0, 0.1) is 0 Å². The third kappa shape index (κ3) is 3.54. The van der Waals surface area contributed by atoms with Crippen LogP contribution in [0.1, 0.15) is 29.8 Å². The van der Waals surface area contributed by atoms with Gasteiger partial charge in [-0.3, -0.25) is 0 Å². The minimum atomic E-state index is -0.443. The fraction of sp³-hybridized carbons (Fsp3) is 0.235. The molecule has 0 heterocycles. The zero-order valence-electron chi connectivity index (χ0n) is 12.3. The van der Waals surface area contributed by atoms with Crippen molar-refractivity contribution in [3.05, 3.63) is 53.6 Å². The summed E-state index contributed by atoms with van der Waals surface area (Å²) in [6.45, 7) is 4.15. The van der Waals surface area contributed by atoms with Crippen molar-refractivity contribution in [2.75, 3.05) is 12.3 Å². The van der Waals surface area contributed by atoms with E-state index < -0.39 is 5.97 Å². The highest BCUT2D eigenvalue weighted by Crippen LogP contribution is 2.30. The number of nitrogens with two attached hydrogens (primary N) is 1. The fourth-order valence-electron chi connectivity index (χ4n) is 1.94. The van der Waals surface area contributed by atoms with Gasteiger partial charge in [-0.15, -0.1) is 0 Å². The van der Waals surface area contributed by atoms with E-state index in [9.17, 15) is 4.79 Å². The average Bonchev–Trinajstić information content (AvgIpc) is 2.50. The molecule has 0 aliphatic rings. The maximum Gasteiger partial charge on any atom is 0.340 e. The summed E-state index contributed by atoms with van der Waals surface area (Å²) >= 11 is 0. The molecule has 0 atom stereocenters. The molecule has 0 unspecified atom stereocenters. The van der Waals surface area contributed by atoms with Gasteiger partial charge in [0.2, 0.25) is 0 Å². The second kappa shape index (κ2) is 6.79. The summed E-state index contributed by atoms with van der Waals surface area (Å²) in [6.07, 6.45) is 0.973. The number of nitrogen functional groups attached to an aromatic ring is 1. The molecule has 0 aromatic heterocycles. The van der Waals surface area contributed by atoms with Gasteiger partial charge >= 0.3 is 5.97 Å². The van der Waals surface area contributed by atoms with E-state index in [4.69, 9.17) is 15.2 Å². The Morgan fingerprint density at radius 3 is 2.43 bits per heavy atom. The summed E-state index contributed by atoms with van der Waals surface area (Å²) in [5, 5.41) is 0. The molecule has 0 amide bonds. The topological polar surface area (TPSA) is 61.5 Å². The van der Waals surface area contributed by atoms with Gasteiger partial charge in [0.05, 0.1) is 17.9 Å². The standard InChI is InChI=1S/C17H19NO3/c1-3-12-8-10-13(11-9-12)21-15-7-5-6-14(16(15)18)17(19)20-4-2/h5-11H,3-4,18H2,1-2H3. The number of esters is 1. The highest BCUT2D eigenvalue weighted by molar-refractivity contribution is 5.96. The Labute approximate surface area is 124 Å². The minimum Gasteiger partial charge on any atom is -0.462 e. The number of aryl methyl sites for hydroxylation is 1. The second-order valence-electron chi connectivity index (χ2n) is 4.54. The van der Waals surface area contributed by atoms with Crippen LogP contribution in [-0.4, -0.2) is 12.6 Å². The third-order valence-electron chi connectivity index (χ3n) is 3.12. The molecule has 2 aromatic rings. The lowest BCUT2D eigenvalue weighted by molar-refractivity contribution is 0.0527. The van der Waals surface area contributed by atoms with E-state index in [1.807, 2.05) is 24.3 Å². The van der Waals surface area contributed by atoms with Crippen LogP contribution in [-0.2, 0) is 11.2 Å².